The van der Waals surface area contributed by atoms with Crippen LogP contribution in [0.5, 0.6) is 0 Å². The zero-order valence-electron chi connectivity index (χ0n) is 16.4. The first-order valence-electron chi connectivity index (χ1n) is 8.88. The van der Waals surface area contributed by atoms with E-state index in [-0.39, 0.29) is 11.6 Å². The molecular formula is C21H20Cl3N3OS. The molecule has 4 nitrogen and oxygen atoms in total. The van der Waals surface area contributed by atoms with Crippen LogP contribution in [0.25, 0.3) is 5.69 Å². The summed E-state index contributed by atoms with van der Waals surface area (Å²) >= 11 is 20.0. The van der Waals surface area contributed by atoms with Crippen molar-refractivity contribution in [3.05, 3.63) is 67.7 Å². The third kappa shape index (κ3) is 4.15. The van der Waals surface area contributed by atoms with Crippen molar-refractivity contribution < 1.29 is 4.79 Å². The summed E-state index contributed by atoms with van der Waals surface area (Å²) in [6.07, 6.45) is 1.84. The molecule has 1 heterocycles. The molecule has 2 N–H and O–H groups in total. The summed E-state index contributed by atoms with van der Waals surface area (Å²) in [6, 6.07) is 9.02. The average molecular weight is 469 g/mol. The van der Waals surface area contributed by atoms with Crippen LogP contribution in [0.3, 0.4) is 0 Å². The highest BCUT2D eigenvalue weighted by Crippen LogP contribution is 2.37. The predicted octanol–water partition coefficient (Wildman–Crippen LogP) is 6.80. The van der Waals surface area contributed by atoms with Gasteiger partial charge in [-0.1, -0.05) is 60.8 Å². The number of nitrogen functional groups attached to an aromatic ring is 1. The topological polar surface area (TPSA) is 60.9 Å². The third-order valence-corrected chi connectivity index (χ3v) is 6.14. The zero-order chi connectivity index (χ0) is 21.5. The summed E-state index contributed by atoms with van der Waals surface area (Å²) in [5.41, 5.74) is 9.67. The van der Waals surface area contributed by atoms with Gasteiger partial charge in [0.15, 0.2) is 5.78 Å². The van der Waals surface area contributed by atoms with Gasteiger partial charge in [-0.2, -0.15) is 5.10 Å². The summed E-state index contributed by atoms with van der Waals surface area (Å²) in [6.45, 7) is 6.08. The van der Waals surface area contributed by atoms with Crippen LogP contribution in [0.4, 0.5) is 5.82 Å². The number of carbonyl (C=O) groups is 1. The number of halogens is 3. The Bertz CT molecular complexity index is 1090. The highest BCUT2D eigenvalue weighted by Gasteiger charge is 2.26. The highest BCUT2D eigenvalue weighted by molar-refractivity contribution is 7.98. The summed E-state index contributed by atoms with van der Waals surface area (Å²) < 4.78 is 1.40. The number of nitrogens with zero attached hydrogens (tertiary/aromatic N) is 2. The molecule has 0 aliphatic carbocycles. The van der Waals surface area contributed by atoms with Crippen LogP contribution >= 0.6 is 46.6 Å². The Kier molecular flexibility index (Phi) is 6.54. The van der Waals surface area contributed by atoms with E-state index in [9.17, 15) is 4.79 Å². The lowest BCUT2D eigenvalue weighted by Crippen LogP contribution is -2.10. The molecule has 0 aliphatic heterocycles. The number of aryl methyl sites for hydroxylation is 1. The van der Waals surface area contributed by atoms with E-state index in [1.165, 1.54) is 16.4 Å². The number of anilines is 1. The van der Waals surface area contributed by atoms with Crippen molar-refractivity contribution in [2.45, 2.75) is 31.7 Å². The average Bonchev–Trinajstić information content (AvgIpc) is 2.97. The van der Waals surface area contributed by atoms with Crippen LogP contribution in [-0.4, -0.2) is 21.8 Å². The van der Waals surface area contributed by atoms with Gasteiger partial charge in [0, 0.05) is 10.6 Å². The SMILES string of the molecule is CSc1nn(-c2c(Cl)cc(Cl)cc2Cl)c(N)c1C(=O)c1cc(C(C)C)ccc1C. The van der Waals surface area contributed by atoms with Gasteiger partial charge in [-0.25, -0.2) is 4.68 Å². The van der Waals surface area contributed by atoms with Crippen LogP contribution in [-0.2, 0) is 0 Å². The van der Waals surface area contributed by atoms with Crippen molar-refractivity contribution in [1.29, 1.82) is 0 Å². The second-order valence-electron chi connectivity index (χ2n) is 6.96. The molecule has 152 valence electrons. The smallest absolute Gasteiger partial charge is 0.199 e. The van der Waals surface area contributed by atoms with Crippen molar-refractivity contribution >= 4 is 58.2 Å². The summed E-state index contributed by atoms with van der Waals surface area (Å²) in [4.78, 5) is 13.5. The first-order chi connectivity index (χ1) is 13.6. The summed E-state index contributed by atoms with van der Waals surface area (Å²) in [5, 5.41) is 5.99. The molecule has 0 unspecified atom stereocenters. The van der Waals surface area contributed by atoms with E-state index in [1.54, 1.807) is 12.1 Å². The maximum Gasteiger partial charge on any atom is 0.199 e. The van der Waals surface area contributed by atoms with Gasteiger partial charge in [0.25, 0.3) is 0 Å². The molecule has 29 heavy (non-hydrogen) atoms. The number of benzene rings is 2. The molecule has 0 saturated heterocycles. The molecule has 0 saturated carbocycles. The first-order valence-corrected chi connectivity index (χ1v) is 11.2. The van der Waals surface area contributed by atoms with Crippen LogP contribution < -0.4 is 5.73 Å². The lowest BCUT2D eigenvalue weighted by Gasteiger charge is -2.12. The number of carbonyl (C=O) groups excluding carboxylic acids is 1. The van der Waals surface area contributed by atoms with E-state index < -0.39 is 0 Å². The fourth-order valence-corrected chi connectivity index (χ4v) is 4.59. The van der Waals surface area contributed by atoms with Crippen molar-refractivity contribution in [2.75, 3.05) is 12.0 Å². The van der Waals surface area contributed by atoms with Gasteiger partial charge < -0.3 is 5.73 Å². The van der Waals surface area contributed by atoms with Gasteiger partial charge in [-0.05, 0) is 48.4 Å². The third-order valence-electron chi connectivity index (χ3n) is 4.68. The molecule has 0 atom stereocenters. The number of thioether (sulfide) groups is 1. The second kappa shape index (κ2) is 8.60. The highest BCUT2D eigenvalue weighted by atomic mass is 35.5. The van der Waals surface area contributed by atoms with E-state index in [2.05, 4.69) is 18.9 Å². The molecule has 3 aromatic rings. The van der Waals surface area contributed by atoms with E-state index >= 15 is 0 Å². The van der Waals surface area contributed by atoms with E-state index in [4.69, 9.17) is 40.5 Å². The monoisotopic (exact) mass is 467 g/mol. The second-order valence-corrected chi connectivity index (χ2v) is 9.00. The number of hydrogen-bond donors (Lipinski definition) is 1. The number of ketones is 1. The van der Waals surface area contributed by atoms with E-state index in [0.29, 0.717) is 42.8 Å². The molecule has 0 bridgehead atoms. The Morgan fingerprint density at radius 1 is 1.14 bits per heavy atom. The van der Waals surface area contributed by atoms with Crippen LogP contribution in [0.1, 0.15) is 46.8 Å². The van der Waals surface area contributed by atoms with Gasteiger partial charge in [0.1, 0.15) is 16.5 Å². The molecule has 3 rings (SSSR count). The van der Waals surface area contributed by atoms with Crippen LogP contribution in [0, 0.1) is 6.92 Å². The van der Waals surface area contributed by atoms with Gasteiger partial charge >= 0.3 is 0 Å². The molecule has 0 fully saturated rings. The lowest BCUT2D eigenvalue weighted by molar-refractivity contribution is 0.103. The molecule has 0 aliphatic rings. The summed E-state index contributed by atoms with van der Waals surface area (Å²) in [7, 11) is 0. The first kappa shape index (κ1) is 22.0. The Morgan fingerprint density at radius 2 is 1.76 bits per heavy atom. The van der Waals surface area contributed by atoms with Crippen LogP contribution in [0.15, 0.2) is 35.4 Å². The summed E-state index contributed by atoms with van der Waals surface area (Å²) in [5.74, 6) is 0.299. The maximum absolute atomic E-state index is 13.5. The fourth-order valence-electron chi connectivity index (χ4n) is 3.05. The maximum atomic E-state index is 13.5. The molecule has 2 aromatic carbocycles. The van der Waals surface area contributed by atoms with Crippen molar-refractivity contribution in [1.82, 2.24) is 9.78 Å². The minimum atomic E-state index is -0.181. The minimum absolute atomic E-state index is 0.180. The lowest BCUT2D eigenvalue weighted by atomic mass is 9.94. The number of hydrogen-bond acceptors (Lipinski definition) is 4. The molecule has 0 spiro atoms. The van der Waals surface area contributed by atoms with Crippen molar-refractivity contribution in [3.63, 3.8) is 0 Å². The number of rotatable bonds is 5. The van der Waals surface area contributed by atoms with E-state index in [0.717, 1.165) is 11.1 Å². The Balaban J connectivity index is 2.20. The molecule has 0 radical (unpaired) electrons. The Morgan fingerprint density at radius 3 is 2.31 bits per heavy atom. The molecule has 0 amide bonds. The predicted molar refractivity (Wildman–Crippen MR) is 123 cm³/mol. The zero-order valence-corrected chi connectivity index (χ0v) is 19.5. The van der Waals surface area contributed by atoms with Gasteiger partial charge in [-0.15, -0.1) is 11.8 Å². The quantitative estimate of drug-likeness (QED) is 0.330. The fraction of sp³-hybridized carbons (Fsp3) is 0.238. The number of aromatic nitrogens is 2. The van der Waals surface area contributed by atoms with E-state index in [1.807, 2.05) is 31.4 Å². The largest absolute Gasteiger partial charge is 0.383 e. The molecule has 8 heteroatoms. The van der Waals surface area contributed by atoms with Gasteiger partial charge in [0.05, 0.1) is 15.6 Å². The van der Waals surface area contributed by atoms with Gasteiger partial charge in [-0.3, -0.25) is 4.79 Å². The standard InChI is InChI=1S/C21H20Cl3N3OS/c1-10(2)12-6-5-11(3)14(7-12)19(28)17-20(25)27(26-21(17)29-4)18-15(23)8-13(22)9-16(18)24/h5-10H,25H2,1-4H3. The van der Waals surface area contributed by atoms with Crippen molar-refractivity contribution in [3.8, 4) is 5.69 Å². The number of nitrogens with two attached hydrogens (primary N) is 1. The van der Waals surface area contributed by atoms with Crippen LogP contribution in [0.2, 0.25) is 15.1 Å². The minimum Gasteiger partial charge on any atom is -0.383 e. The molecular weight excluding hydrogens is 449 g/mol. The van der Waals surface area contributed by atoms with Crippen molar-refractivity contribution in [2.24, 2.45) is 0 Å². The Hall–Kier alpha value is -1.66. The Labute approximate surface area is 189 Å². The molecule has 1 aromatic heterocycles. The normalized spacial score (nSPS) is 11.3. The van der Waals surface area contributed by atoms with Gasteiger partial charge in [0.2, 0.25) is 0 Å².